The molecule has 0 atom stereocenters. The maximum Gasteiger partial charge on any atom is 0.255 e. The van der Waals surface area contributed by atoms with Gasteiger partial charge in [0.25, 0.3) is 10.0 Å². The van der Waals surface area contributed by atoms with Gasteiger partial charge in [0.2, 0.25) is 0 Å². The molecule has 1 fully saturated rings. The van der Waals surface area contributed by atoms with Crippen LogP contribution in [0.2, 0.25) is 0 Å². The smallest absolute Gasteiger partial charge is 0.250 e. The highest BCUT2D eigenvalue weighted by Crippen LogP contribution is 2.30. The summed E-state index contributed by atoms with van der Waals surface area (Å²) in [6.45, 7) is 4.01. The Hall–Kier alpha value is -0.880. The summed E-state index contributed by atoms with van der Waals surface area (Å²) in [4.78, 5) is 0. The van der Waals surface area contributed by atoms with Crippen molar-refractivity contribution in [2.45, 2.75) is 69.4 Å². The molecule has 0 saturated heterocycles. The van der Waals surface area contributed by atoms with Crippen LogP contribution in [0.4, 0.5) is 0 Å². The van der Waals surface area contributed by atoms with Crippen molar-refractivity contribution in [2.24, 2.45) is 5.14 Å². The molecule has 1 aliphatic carbocycles. The van der Waals surface area contributed by atoms with Crippen molar-refractivity contribution in [3.05, 3.63) is 11.8 Å². The fourth-order valence-electron chi connectivity index (χ4n) is 2.65. The quantitative estimate of drug-likeness (QED) is 0.867. The first-order valence-corrected chi connectivity index (χ1v) is 8.56. The molecule has 0 bridgehead atoms. The molecule has 1 saturated carbocycles. The van der Waals surface area contributed by atoms with Crippen LogP contribution in [-0.4, -0.2) is 18.2 Å². The van der Waals surface area contributed by atoms with Gasteiger partial charge in [0, 0.05) is 6.07 Å². The third-order valence-corrected chi connectivity index (χ3v) is 4.66. The topological polar surface area (TPSA) is 78.0 Å². The Balaban J connectivity index is 2.42. The van der Waals surface area contributed by atoms with Crippen molar-refractivity contribution < 1.29 is 8.42 Å². The molecule has 0 aliphatic heterocycles. The maximum atomic E-state index is 11.7. The van der Waals surface area contributed by atoms with E-state index in [0.29, 0.717) is 0 Å². The molecular formula is C13H23N3O2S. The van der Waals surface area contributed by atoms with Gasteiger partial charge in [-0.15, -0.1) is 0 Å². The number of nitrogens with two attached hydrogens (primary N) is 1. The van der Waals surface area contributed by atoms with E-state index >= 15 is 0 Å². The van der Waals surface area contributed by atoms with Crippen molar-refractivity contribution in [3.8, 4) is 0 Å². The summed E-state index contributed by atoms with van der Waals surface area (Å²) in [6.07, 6.45) is 6.68. The van der Waals surface area contributed by atoms with Crippen LogP contribution in [0, 0.1) is 0 Å². The first-order chi connectivity index (χ1) is 8.89. The molecule has 2 N–H and O–H groups in total. The lowest BCUT2D eigenvalue weighted by molar-refractivity contribution is 0.373. The summed E-state index contributed by atoms with van der Waals surface area (Å²) in [6, 6.07) is 1.80. The van der Waals surface area contributed by atoms with Gasteiger partial charge in [-0.1, -0.05) is 39.5 Å². The lowest BCUT2D eigenvalue weighted by Crippen LogP contribution is -2.21. The monoisotopic (exact) mass is 285 g/mol. The van der Waals surface area contributed by atoms with E-state index in [2.05, 4.69) is 5.10 Å². The average molecular weight is 285 g/mol. The summed E-state index contributed by atoms with van der Waals surface area (Å²) >= 11 is 0. The molecule has 1 aromatic rings. The van der Waals surface area contributed by atoms with Gasteiger partial charge in [0.05, 0.1) is 11.7 Å². The van der Waals surface area contributed by atoms with E-state index in [9.17, 15) is 8.42 Å². The SMILES string of the molecule is CC(C)c1cc(S(N)(=O)=O)n(C2CCCCCC2)n1. The number of hydrogen-bond donors (Lipinski definition) is 1. The number of primary sulfonamides is 1. The van der Waals surface area contributed by atoms with Gasteiger partial charge in [0.15, 0.2) is 5.03 Å². The zero-order chi connectivity index (χ0) is 14.0. The van der Waals surface area contributed by atoms with Gasteiger partial charge in [0.1, 0.15) is 0 Å². The van der Waals surface area contributed by atoms with Gasteiger partial charge in [-0.2, -0.15) is 5.10 Å². The third-order valence-electron chi connectivity index (χ3n) is 3.77. The Bertz CT molecular complexity index is 526. The van der Waals surface area contributed by atoms with Crippen LogP contribution in [0.1, 0.15) is 70.0 Å². The first kappa shape index (κ1) is 14.5. The van der Waals surface area contributed by atoms with Gasteiger partial charge >= 0.3 is 0 Å². The minimum Gasteiger partial charge on any atom is -0.250 e. The highest BCUT2D eigenvalue weighted by Gasteiger charge is 2.24. The van der Waals surface area contributed by atoms with Crippen LogP contribution >= 0.6 is 0 Å². The zero-order valence-electron chi connectivity index (χ0n) is 11.7. The molecule has 108 valence electrons. The standard InChI is InChI=1S/C13H23N3O2S/c1-10(2)12-9-13(19(14,17)18)16(15-12)11-7-5-3-4-6-8-11/h9-11H,3-8H2,1-2H3,(H2,14,17,18). The Morgan fingerprint density at radius 2 is 1.84 bits per heavy atom. The van der Waals surface area contributed by atoms with Crippen LogP contribution in [0.25, 0.3) is 0 Å². The lowest BCUT2D eigenvalue weighted by atomic mass is 10.1. The van der Waals surface area contributed by atoms with E-state index in [1.165, 1.54) is 12.8 Å². The highest BCUT2D eigenvalue weighted by molar-refractivity contribution is 7.89. The van der Waals surface area contributed by atoms with Crippen LogP contribution in [-0.2, 0) is 10.0 Å². The molecular weight excluding hydrogens is 262 g/mol. The molecule has 19 heavy (non-hydrogen) atoms. The molecule has 0 radical (unpaired) electrons. The van der Waals surface area contributed by atoms with Gasteiger partial charge in [-0.25, -0.2) is 18.2 Å². The normalized spacial score (nSPS) is 18.7. The number of nitrogens with zero attached hydrogens (tertiary/aromatic N) is 2. The fourth-order valence-corrected chi connectivity index (χ4v) is 3.39. The van der Waals surface area contributed by atoms with Crippen molar-refractivity contribution in [1.82, 2.24) is 9.78 Å². The van der Waals surface area contributed by atoms with Gasteiger partial charge < -0.3 is 0 Å². The Labute approximate surface area is 115 Å². The minimum absolute atomic E-state index is 0.170. The van der Waals surface area contributed by atoms with Crippen LogP contribution < -0.4 is 5.14 Å². The molecule has 1 aliphatic rings. The predicted octanol–water partition coefficient (Wildman–Crippen LogP) is 2.55. The molecule has 1 aromatic heterocycles. The Morgan fingerprint density at radius 3 is 2.32 bits per heavy atom. The molecule has 1 heterocycles. The molecule has 2 rings (SSSR count). The number of aromatic nitrogens is 2. The van der Waals surface area contributed by atoms with Crippen LogP contribution in [0.5, 0.6) is 0 Å². The number of hydrogen-bond acceptors (Lipinski definition) is 3. The molecule has 0 aromatic carbocycles. The molecule has 6 heteroatoms. The maximum absolute atomic E-state index is 11.7. The van der Waals surface area contributed by atoms with Gasteiger partial charge in [-0.05, 0) is 18.8 Å². The largest absolute Gasteiger partial charge is 0.255 e. The van der Waals surface area contributed by atoms with Gasteiger partial charge in [-0.3, -0.25) is 0 Å². The molecule has 0 spiro atoms. The van der Waals surface area contributed by atoms with E-state index in [0.717, 1.165) is 31.4 Å². The van der Waals surface area contributed by atoms with E-state index in [4.69, 9.17) is 5.14 Å². The van der Waals surface area contributed by atoms with Crippen molar-refractivity contribution >= 4 is 10.0 Å². The van der Waals surface area contributed by atoms with Crippen LogP contribution in [0.15, 0.2) is 11.1 Å². The summed E-state index contributed by atoms with van der Waals surface area (Å²) in [5, 5.41) is 10.00. The molecule has 0 unspecified atom stereocenters. The second kappa shape index (κ2) is 5.63. The van der Waals surface area contributed by atoms with Crippen molar-refractivity contribution in [3.63, 3.8) is 0 Å². The Morgan fingerprint density at radius 1 is 1.26 bits per heavy atom. The number of sulfonamides is 1. The molecule has 5 nitrogen and oxygen atoms in total. The van der Waals surface area contributed by atoms with E-state index in [1.807, 2.05) is 13.8 Å². The summed E-state index contributed by atoms with van der Waals surface area (Å²) in [5.41, 5.74) is 0.799. The molecule has 0 amide bonds. The number of rotatable bonds is 3. The average Bonchev–Trinajstić information content (AvgIpc) is 2.60. The predicted molar refractivity (Wildman–Crippen MR) is 74.4 cm³/mol. The van der Waals surface area contributed by atoms with Crippen molar-refractivity contribution in [2.75, 3.05) is 0 Å². The fraction of sp³-hybridized carbons (Fsp3) is 0.769. The third kappa shape index (κ3) is 3.36. The first-order valence-electron chi connectivity index (χ1n) is 7.02. The van der Waals surface area contributed by atoms with E-state index < -0.39 is 10.0 Å². The van der Waals surface area contributed by atoms with Crippen LogP contribution in [0.3, 0.4) is 0 Å². The second-order valence-electron chi connectivity index (χ2n) is 5.70. The summed E-state index contributed by atoms with van der Waals surface area (Å²) in [7, 11) is -3.71. The van der Waals surface area contributed by atoms with E-state index in [-0.39, 0.29) is 17.0 Å². The highest BCUT2D eigenvalue weighted by atomic mass is 32.2. The minimum atomic E-state index is -3.71. The second-order valence-corrected chi connectivity index (χ2v) is 7.21. The lowest BCUT2D eigenvalue weighted by Gasteiger charge is -2.17. The summed E-state index contributed by atoms with van der Waals surface area (Å²) in [5.74, 6) is 0.201. The van der Waals surface area contributed by atoms with E-state index in [1.54, 1.807) is 10.7 Å². The van der Waals surface area contributed by atoms with Crippen molar-refractivity contribution in [1.29, 1.82) is 0 Å². The Kier molecular flexibility index (Phi) is 4.30. The summed E-state index contributed by atoms with van der Waals surface area (Å²) < 4.78 is 25.1. The zero-order valence-corrected chi connectivity index (χ0v) is 12.5.